The molecule has 0 saturated heterocycles. The van der Waals surface area contributed by atoms with Crippen LogP contribution in [0.5, 0.6) is 11.5 Å². The fourth-order valence-corrected chi connectivity index (χ4v) is 1.84. The van der Waals surface area contributed by atoms with Crippen molar-refractivity contribution in [3.8, 4) is 11.5 Å². The van der Waals surface area contributed by atoms with Gasteiger partial charge in [-0.15, -0.1) is 0 Å². The Labute approximate surface area is 131 Å². The van der Waals surface area contributed by atoms with Gasteiger partial charge in [-0.3, -0.25) is 9.59 Å². The monoisotopic (exact) mass is 324 g/mol. The van der Waals surface area contributed by atoms with Crippen LogP contribution in [0.4, 0.5) is 0 Å². The van der Waals surface area contributed by atoms with Crippen molar-refractivity contribution < 1.29 is 33.7 Å². The molecule has 0 bridgehead atoms. The maximum Gasteiger partial charge on any atom is 0.334 e. The van der Waals surface area contributed by atoms with Gasteiger partial charge in [0.05, 0.1) is 13.1 Å². The summed E-state index contributed by atoms with van der Waals surface area (Å²) in [4.78, 5) is 34.3. The number of carboxylic acids is 1. The van der Waals surface area contributed by atoms with Crippen LogP contribution in [0.3, 0.4) is 0 Å². The molecule has 1 heterocycles. The molecule has 0 fully saturated rings. The van der Waals surface area contributed by atoms with Crippen molar-refractivity contribution in [3.63, 3.8) is 0 Å². The Morgan fingerprint density at radius 2 is 2.00 bits per heavy atom. The largest absolute Gasteiger partial charge is 0.479 e. The molecule has 0 radical (unpaired) electrons. The second-order valence-corrected chi connectivity index (χ2v) is 4.62. The Bertz CT molecular complexity index is 617. The van der Waals surface area contributed by atoms with E-state index in [2.05, 4.69) is 15.4 Å². The van der Waals surface area contributed by atoms with Gasteiger partial charge in [-0.1, -0.05) is 0 Å². The maximum absolute atomic E-state index is 11.9. The smallest absolute Gasteiger partial charge is 0.334 e. The number of fused-ring (bicyclic) bond motifs is 1. The number of ether oxygens (including phenoxy) is 3. The number of carboxylic acid groups (broad SMARTS) is 1. The first-order valence-electron chi connectivity index (χ1n) is 6.71. The summed E-state index contributed by atoms with van der Waals surface area (Å²) in [7, 11) is 1.23. The third-order valence-electron chi connectivity index (χ3n) is 3.09. The first-order valence-corrected chi connectivity index (χ1v) is 6.71. The van der Waals surface area contributed by atoms with Gasteiger partial charge in [-0.25, -0.2) is 4.79 Å². The Hall–Kier alpha value is -2.81. The highest BCUT2D eigenvalue weighted by atomic mass is 16.7. The molecule has 1 aromatic carbocycles. The van der Waals surface area contributed by atoms with Crippen molar-refractivity contribution in [2.75, 3.05) is 27.0 Å². The molecule has 1 atom stereocenters. The van der Waals surface area contributed by atoms with Gasteiger partial charge >= 0.3 is 5.97 Å². The Morgan fingerprint density at radius 1 is 1.26 bits per heavy atom. The van der Waals surface area contributed by atoms with Crippen LogP contribution in [0.1, 0.15) is 10.4 Å². The van der Waals surface area contributed by atoms with E-state index in [-0.39, 0.29) is 19.9 Å². The highest BCUT2D eigenvalue weighted by molar-refractivity contribution is 5.97. The summed E-state index contributed by atoms with van der Waals surface area (Å²) in [5.41, 5.74) is 0.322. The van der Waals surface area contributed by atoms with Crippen LogP contribution >= 0.6 is 0 Å². The molecule has 0 aromatic heterocycles. The van der Waals surface area contributed by atoms with Gasteiger partial charge in [0.1, 0.15) is 0 Å². The number of carbonyl (C=O) groups excluding carboxylic acids is 2. The lowest BCUT2D eigenvalue weighted by Crippen LogP contribution is -2.42. The molecule has 2 rings (SSSR count). The van der Waals surface area contributed by atoms with Crippen LogP contribution in [-0.2, 0) is 14.3 Å². The molecule has 1 aliphatic heterocycles. The first-order chi connectivity index (χ1) is 11.0. The molecular weight excluding hydrogens is 308 g/mol. The van der Waals surface area contributed by atoms with Gasteiger partial charge in [-0.05, 0) is 18.2 Å². The van der Waals surface area contributed by atoms with Crippen LogP contribution < -0.4 is 20.1 Å². The van der Waals surface area contributed by atoms with E-state index >= 15 is 0 Å². The molecule has 0 saturated carbocycles. The molecule has 1 unspecified atom stereocenters. The SMILES string of the molecule is COC(CNC(=O)CNC(=O)c1ccc2c(c1)OCO2)C(=O)O. The number of methoxy groups -OCH3 is 1. The number of carbonyl (C=O) groups is 3. The summed E-state index contributed by atoms with van der Waals surface area (Å²) >= 11 is 0. The summed E-state index contributed by atoms with van der Waals surface area (Å²) < 4.78 is 15.0. The van der Waals surface area contributed by atoms with E-state index in [1.165, 1.54) is 13.2 Å². The zero-order chi connectivity index (χ0) is 16.8. The predicted molar refractivity (Wildman–Crippen MR) is 76.3 cm³/mol. The highest BCUT2D eigenvalue weighted by Crippen LogP contribution is 2.32. The number of aliphatic carboxylic acids is 1. The number of benzene rings is 1. The van der Waals surface area contributed by atoms with Crippen LogP contribution in [0.2, 0.25) is 0 Å². The number of rotatable bonds is 7. The second kappa shape index (κ2) is 7.45. The minimum Gasteiger partial charge on any atom is -0.479 e. The van der Waals surface area contributed by atoms with E-state index in [9.17, 15) is 14.4 Å². The molecular formula is C14H16N2O7. The molecule has 3 N–H and O–H groups in total. The van der Waals surface area contributed by atoms with Crippen LogP contribution in [-0.4, -0.2) is 56.0 Å². The predicted octanol–water partition coefficient (Wildman–Crippen LogP) is -0.639. The lowest BCUT2D eigenvalue weighted by Gasteiger charge is -2.12. The second-order valence-electron chi connectivity index (χ2n) is 4.62. The number of amides is 2. The average molecular weight is 324 g/mol. The van der Waals surface area contributed by atoms with E-state index in [1.54, 1.807) is 12.1 Å². The molecule has 9 heteroatoms. The molecule has 124 valence electrons. The molecule has 0 spiro atoms. The molecule has 0 aliphatic carbocycles. The fourth-order valence-electron chi connectivity index (χ4n) is 1.84. The minimum absolute atomic E-state index is 0.104. The summed E-state index contributed by atoms with van der Waals surface area (Å²) in [6.07, 6.45) is -1.14. The van der Waals surface area contributed by atoms with Crippen LogP contribution in [0, 0.1) is 0 Å². The fraction of sp³-hybridized carbons (Fsp3) is 0.357. The van der Waals surface area contributed by atoms with Crippen molar-refractivity contribution in [1.29, 1.82) is 0 Å². The average Bonchev–Trinajstić information content (AvgIpc) is 3.00. The van der Waals surface area contributed by atoms with Crippen molar-refractivity contribution in [2.45, 2.75) is 6.10 Å². The quantitative estimate of drug-likeness (QED) is 0.609. The standard InChI is InChI=1S/C14H16N2O7/c1-21-11(14(19)20)5-15-12(17)6-16-13(18)8-2-3-9-10(4-8)23-7-22-9/h2-4,11H,5-7H2,1H3,(H,15,17)(H,16,18)(H,19,20). The van der Waals surface area contributed by atoms with Gasteiger partial charge in [0.15, 0.2) is 17.6 Å². The zero-order valence-corrected chi connectivity index (χ0v) is 12.3. The summed E-state index contributed by atoms with van der Waals surface area (Å²) in [6, 6.07) is 4.67. The lowest BCUT2D eigenvalue weighted by atomic mass is 10.2. The molecule has 9 nitrogen and oxygen atoms in total. The van der Waals surface area contributed by atoms with Gasteiger partial charge in [0.2, 0.25) is 12.7 Å². The van der Waals surface area contributed by atoms with E-state index in [0.717, 1.165) is 0 Å². The van der Waals surface area contributed by atoms with Crippen LogP contribution in [0.15, 0.2) is 18.2 Å². The maximum atomic E-state index is 11.9. The van der Waals surface area contributed by atoms with Gasteiger partial charge in [-0.2, -0.15) is 0 Å². The first kappa shape index (κ1) is 16.6. The Morgan fingerprint density at radius 3 is 2.70 bits per heavy atom. The highest BCUT2D eigenvalue weighted by Gasteiger charge is 2.18. The molecule has 23 heavy (non-hydrogen) atoms. The van der Waals surface area contributed by atoms with Gasteiger partial charge < -0.3 is 30.0 Å². The molecule has 1 aromatic rings. The number of nitrogens with one attached hydrogen (secondary N) is 2. The normalized spacial score (nSPS) is 13.3. The van der Waals surface area contributed by atoms with Crippen molar-refractivity contribution in [1.82, 2.24) is 10.6 Å². The molecule has 2 amide bonds. The van der Waals surface area contributed by atoms with Gasteiger partial charge in [0.25, 0.3) is 5.91 Å². The Kier molecular flexibility index (Phi) is 5.36. The lowest BCUT2D eigenvalue weighted by molar-refractivity contribution is -0.148. The Balaban J connectivity index is 1.80. The summed E-state index contributed by atoms with van der Waals surface area (Å²) in [5, 5.41) is 13.5. The topological polar surface area (TPSA) is 123 Å². The van der Waals surface area contributed by atoms with Crippen LogP contribution in [0.25, 0.3) is 0 Å². The van der Waals surface area contributed by atoms with Crippen molar-refractivity contribution >= 4 is 17.8 Å². The van der Waals surface area contributed by atoms with E-state index in [4.69, 9.17) is 14.6 Å². The van der Waals surface area contributed by atoms with E-state index < -0.39 is 23.9 Å². The number of hydrogen-bond donors (Lipinski definition) is 3. The van der Waals surface area contributed by atoms with Gasteiger partial charge in [0, 0.05) is 12.7 Å². The van der Waals surface area contributed by atoms with E-state index in [1.807, 2.05) is 0 Å². The zero-order valence-electron chi connectivity index (χ0n) is 12.3. The summed E-state index contributed by atoms with van der Waals surface area (Å²) in [5.74, 6) is -1.15. The van der Waals surface area contributed by atoms with E-state index in [0.29, 0.717) is 17.1 Å². The van der Waals surface area contributed by atoms with Crippen molar-refractivity contribution in [3.05, 3.63) is 23.8 Å². The third-order valence-corrected chi connectivity index (χ3v) is 3.09. The number of hydrogen-bond acceptors (Lipinski definition) is 6. The summed E-state index contributed by atoms with van der Waals surface area (Å²) in [6.45, 7) is -0.374. The third kappa shape index (κ3) is 4.33. The molecule has 1 aliphatic rings. The minimum atomic E-state index is -1.18. The van der Waals surface area contributed by atoms with Crippen molar-refractivity contribution in [2.24, 2.45) is 0 Å².